The van der Waals surface area contributed by atoms with Gasteiger partial charge in [0.2, 0.25) is 0 Å². The quantitative estimate of drug-likeness (QED) is 0.808. The van der Waals surface area contributed by atoms with Crippen LogP contribution in [0.4, 0.5) is 10.1 Å². The first-order valence-electron chi connectivity index (χ1n) is 9.52. The van der Waals surface area contributed by atoms with E-state index in [2.05, 4.69) is 29.0 Å². The lowest BCUT2D eigenvalue weighted by Crippen LogP contribution is -2.63. The van der Waals surface area contributed by atoms with Crippen molar-refractivity contribution in [2.24, 2.45) is 5.92 Å². The Morgan fingerprint density at radius 1 is 1.08 bits per heavy atom. The van der Waals surface area contributed by atoms with Crippen molar-refractivity contribution in [3.63, 3.8) is 0 Å². The minimum atomic E-state index is -0.0890. The maximum atomic E-state index is 14.3. The fourth-order valence-corrected chi connectivity index (χ4v) is 4.92. The lowest BCUT2D eigenvalue weighted by molar-refractivity contribution is 0.0264. The Balaban J connectivity index is 1.66. The summed E-state index contributed by atoms with van der Waals surface area (Å²) < 4.78 is 19.9. The standard InChI is InChI=1S/C22H27FN2O/c1-24(19-9-5-6-10-21(19)26-2)22-16-11-13-25(14-12-16)20(22)15-17-7-3-4-8-18(17)23/h3-10,16,20,22H,11-15H2,1-2H3/t20-,22-/m1/s1. The number of piperidine rings is 3. The smallest absolute Gasteiger partial charge is 0.142 e. The predicted molar refractivity (Wildman–Crippen MR) is 103 cm³/mol. The van der Waals surface area contributed by atoms with Crippen LogP contribution < -0.4 is 9.64 Å². The van der Waals surface area contributed by atoms with Crippen LogP contribution in [0.3, 0.4) is 0 Å². The summed E-state index contributed by atoms with van der Waals surface area (Å²) in [7, 11) is 3.89. The van der Waals surface area contributed by atoms with Gasteiger partial charge in [-0.1, -0.05) is 30.3 Å². The lowest BCUT2D eigenvalue weighted by atomic mass is 9.76. The van der Waals surface area contributed by atoms with Gasteiger partial charge in [0.1, 0.15) is 11.6 Å². The average Bonchev–Trinajstić information content (AvgIpc) is 2.70. The van der Waals surface area contributed by atoms with Gasteiger partial charge in [-0.25, -0.2) is 4.39 Å². The average molecular weight is 354 g/mol. The van der Waals surface area contributed by atoms with Gasteiger partial charge in [0.15, 0.2) is 0 Å². The van der Waals surface area contributed by atoms with Crippen LogP contribution in [0.15, 0.2) is 48.5 Å². The number of anilines is 1. The Labute approximate surface area is 155 Å². The molecule has 2 aromatic carbocycles. The third kappa shape index (κ3) is 3.07. The number of hydrogen-bond acceptors (Lipinski definition) is 3. The van der Waals surface area contributed by atoms with Gasteiger partial charge in [0.05, 0.1) is 12.8 Å². The van der Waals surface area contributed by atoms with Crippen LogP contribution in [-0.2, 0) is 6.42 Å². The Morgan fingerprint density at radius 3 is 2.50 bits per heavy atom. The number of likely N-dealkylation sites (N-methyl/N-ethyl adjacent to an activating group) is 1. The van der Waals surface area contributed by atoms with Crippen LogP contribution in [0.5, 0.6) is 5.75 Å². The first-order valence-corrected chi connectivity index (χ1v) is 9.52. The molecule has 3 heterocycles. The second kappa shape index (κ2) is 7.28. The van der Waals surface area contributed by atoms with E-state index < -0.39 is 0 Å². The summed E-state index contributed by atoms with van der Waals surface area (Å²) in [6.45, 7) is 2.25. The molecule has 2 aromatic rings. The monoisotopic (exact) mass is 354 g/mol. The van der Waals surface area contributed by atoms with E-state index in [9.17, 15) is 4.39 Å². The van der Waals surface area contributed by atoms with E-state index in [-0.39, 0.29) is 5.82 Å². The molecule has 0 unspecified atom stereocenters. The first kappa shape index (κ1) is 17.3. The third-order valence-corrected chi connectivity index (χ3v) is 6.22. The molecule has 3 aliphatic rings. The van der Waals surface area contributed by atoms with Gasteiger partial charge >= 0.3 is 0 Å². The van der Waals surface area contributed by atoms with E-state index >= 15 is 0 Å². The number of nitrogens with zero attached hydrogens (tertiary/aromatic N) is 2. The molecule has 3 aliphatic heterocycles. The molecule has 0 aromatic heterocycles. The van der Waals surface area contributed by atoms with E-state index in [1.807, 2.05) is 24.3 Å². The summed E-state index contributed by atoms with van der Waals surface area (Å²) in [6.07, 6.45) is 3.20. The number of para-hydroxylation sites is 2. The van der Waals surface area contributed by atoms with Crippen molar-refractivity contribution >= 4 is 5.69 Å². The molecule has 3 saturated heterocycles. The largest absolute Gasteiger partial charge is 0.495 e. The molecule has 138 valence electrons. The molecule has 26 heavy (non-hydrogen) atoms. The van der Waals surface area contributed by atoms with Gasteiger partial charge < -0.3 is 9.64 Å². The highest BCUT2D eigenvalue weighted by molar-refractivity contribution is 5.59. The number of fused-ring (bicyclic) bond motifs is 3. The van der Waals surface area contributed by atoms with E-state index in [0.29, 0.717) is 18.0 Å². The SMILES string of the molecule is COc1ccccc1N(C)[C@@H]1C2CCN(CC2)[C@@H]1Cc1ccccc1F. The highest BCUT2D eigenvalue weighted by Crippen LogP contribution is 2.40. The van der Waals surface area contributed by atoms with Crippen molar-refractivity contribution in [1.29, 1.82) is 0 Å². The van der Waals surface area contributed by atoms with E-state index in [1.54, 1.807) is 19.2 Å². The van der Waals surface area contributed by atoms with Gasteiger partial charge in [-0.15, -0.1) is 0 Å². The summed E-state index contributed by atoms with van der Waals surface area (Å²) in [5.74, 6) is 1.46. The maximum Gasteiger partial charge on any atom is 0.142 e. The molecule has 0 amide bonds. The van der Waals surface area contributed by atoms with Gasteiger partial charge in [-0.05, 0) is 62.0 Å². The zero-order chi connectivity index (χ0) is 18.1. The van der Waals surface area contributed by atoms with E-state index in [0.717, 1.165) is 36.5 Å². The van der Waals surface area contributed by atoms with Crippen molar-refractivity contribution in [2.75, 3.05) is 32.1 Å². The molecular weight excluding hydrogens is 327 g/mol. The summed E-state index contributed by atoms with van der Waals surface area (Å²) >= 11 is 0. The Morgan fingerprint density at radius 2 is 1.77 bits per heavy atom. The highest BCUT2D eigenvalue weighted by Gasteiger charge is 2.44. The van der Waals surface area contributed by atoms with Crippen LogP contribution in [0.25, 0.3) is 0 Å². The number of ether oxygens (including phenoxy) is 1. The lowest BCUT2D eigenvalue weighted by Gasteiger charge is -2.54. The van der Waals surface area contributed by atoms with Crippen LogP contribution in [0.2, 0.25) is 0 Å². The number of benzene rings is 2. The Bertz CT molecular complexity index is 757. The number of methoxy groups -OCH3 is 1. The highest BCUT2D eigenvalue weighted by atomic mass is 19.1. The van der Waals surface area contributed by atoms with Gasteiger partial charge in [0, 0.05) is 19.1 Å². The summed E-state index contributed by atoms with van der Waals surface area (Å²) in [6, 6.07) is 16.1. The third-order valence-electron chi connectivity index (χ3n) is 6.22. The maximum absolute atomic E-state index is 14.3. The molecule has 3 fully saturated rings. The summed E-state index contributed by atoms with van der Waals surface area (Å²) in [5.41, 5.74) is 1.94. The van der Waals surface area contributed by atoms with E-state index in [4.69, 9.17) is 4.74 Å². The van der Waals surface area contributed by atoms with Crippen molar-refractivity contribution in [3.05, 3.63) is 59.9 Å². The molecule has 0 spiro atoms. The molecule has 0 radical (unpaired) electrons. The van der Waals surface area contributed by atoms with Crippen molar-refractivity contribution < 1.29 is 9.13 Å². The van der Waals surface area contributed by atoms with Gasteiger partial charge in [-0.2, -0.15) is 0 Å². The molecule has 0 saturated carbocycles. The normalized spacial score (nSPS) is 27.3. The topological polar surface area (TPSA) is 15.7 Å². The Kier molecular flexibility index (Phi) is 4.86. The van der Waals surface area contributed by atoms with Crippen LogP contribution in [0.1, 0.15) is 18.4 Å². The van der Waals surface area contributed by atoms with E-state index in [1.165, 1.54) is 12.8 Å². The minimum absolute atomic E-state index is 0.0890. The number of hydrogen-bond donors (Lipinski definition) is 0. The molecule has 5 rings (SSSR count). The molecule has 2 bridgehead atoms. The molecule has 3 nitrogen and oxygen atoms in total. The fourth-order valence-electron chi connectivity index (χ4n) is 4.92. The van der Waals surface area contributed by atoms with Crippen LogP contribution >= 0.6 is 0 Å². The van der Waals surface area contributed by atoms with Gasteiger partial charge in [0.25, 0.3) is 0 Å². The zero-order valence-electron chi connectivity index (χ0n) is 15.6. The van der Waals surface area contributed by atoms with Crippen LogP contribution in [-0.4, -0.2) is 44.2 Å². The Hall–Kier alpha value is -2.07. The molecular formula is C22H27FN2O. The summed E-state index contributed by atoms with van der Waals surface area (Å²) in [5, 5.41) is 0. The molecule has 2 atom stereocenters. The van der Waals surface area contributed by atoms with Gasteiger partial charge in [-0.3, -0.25) is 4.90 Å². The predicted octanol–water partition coefficient (Wildman–Crippen LogP) is 3.98. The first-order chi connectivity index (χ1) is 12.7. The van der Waals surface area contributed by atoms with Crippen molar-refractivity contribution in [2.45, 2.75) is 31.3 Å². The van der Waals surface area contributed by atoms with Crippen molar-refractivity contribution in [3.8, 4) is 5.75 Å². The number of rotatable bonds is 5. The van der Waals surface area contributed by atoms with Crippen molar-refractivity contribution in [1.82, 2.24) is 4.90 Å². The summed E-state index contributed by atoms with van der Waals surface area (Å²) in [4.78, 5) is 4.93. The molecule has 0 N–H and O–H groups in total. The molecule has 0 aliphatic carbocycles. The minimum Gasteiger partial charge on any atom is -0.495 e. The van der Waals surface area contributed by atoms with Crippen LogP contribution in [0, 0.1) is 11.7 Å². The second-order valence-electron chi connectivity index (χ2n) is 7.51. The molecule has 4 heteroatoms. The zero-order valence-corrected chi connectivity index (χ0v) is 15.6. The second-order valence-corrected chi connectivity index (χ2v) is 7.51. The number of halogens is 1. The fraction of sp³-hybridized carbons (Fsp3) is 0.455.